The Balaban J connectivity index is 1.32. The minimum Gasteiger partial charge on any atom is -0.462 e. The van der Waals surface area contributed by atoms with E-state index >= 15 is 0 Å². The van der Waals surface area contributed by atoms with E-state index < -0.39 is 5.97 Å². The Morgan fingerprint density at radius 1 is 1.00 bits per heavy atom. The Morgan fingerprint density at radius 3 is 2.46 bits per heavy atom. The fraction of sp³-hybridized carbons (Fsp3) is 0.629. The van der Waals surface area contributed by atoms with Crippen LogP contribution in [0.1, 0.15) is 88.7 Å². The zero-order valence-corrected chi connectivity index (χ0v) is 24.5. The third-order valence-corrected chi connectivity index (χ3v) is 8.64. The second kappa shape index (κ2) is 17.5. The number of fused-ring (bicyclic) bond motifs is 1. The van der Waals surface area contributed by atoms with Gasteiger partial charge in [-0.2, -0.15) is 0 Å². The first-order valence-corrected chi connectivity index (χ1v) is 15.4. The van der Waals surface area contributed by atoms with Crippen LogP contribution >= 0.6 is 0 Å². The quantitative estimate of drug-likeness (QED) is 0.118. The van der Waals surface area contributed by atoms with Gasteiger partial charge in [-0.25, -0.2) is 4.79 Å². The molecule has 4 atom stereocenters. The predicted octanol–water partition coefficient (Wildman–Crippen LogP) is 7.80. The topological polar surface area (TPSA) is 55.8 Å². The van der Waals surface area contributed by atoms with Crippen LogP contribution in [-0.4, -0.2) is 38.0 Å². The minimum atomic E-state index is -0.527. The molecule has 0 radical (unpaired) electrons. The van der Waals surface area contributed by atoms with Gasteiger partial charge in [0.15, 0.2) is 0 Å². The number of hydrogen-bond donors (Lipinski definition) is 1. The van der Waals surface area contributed by atoms with Crippen molar-refractivity contribution < 1.29 is 19.4 Å². The molecule has 1 aromatic rings. The van der Waals surface area contributed by atoms with Gasteiger partial charge in [-0.05, 0) is 93.1 Å². The van der Waals surface area contributed by atoms with Gasteiger partial charge >= 0.3 is 5.97 Å². The number of allylic oxidation sites excluding steroid dienone is 4. The van der Waals surface area contributed by atoms with Crippen LogP contribution in [0.25, 0.3) is 0 Å². The molecule has 0 aromatic heterocycles. The molecule has 0 bridgehead atoms. The highest BCUT2D eigenvalue weighted by Gasteiger charge is 2.29. The average Bonchev–Trinajstić information content (AvgIpc) is 2.97. The molecular weight excluding hydrogens is 484 g/mol. The molecule has 4 unspecified atom stereocenters. The van der Waals surface area contributed by atoms with Gasteiger partial charge in [-0.15, -0.1) is 0 Å². The van der Waals surface area contributed by atoms with E-state index in [1.165, 1.54) is 68.9 Å². The van der Waals surface area contributed by atoms with Crippen molar-refractivity contribution in [1.82, 2.24) is 0 Å². The van der Waals surface area contributed by atoms with Crippen LogP contribution in [0.2, 0.25) is 0 Å². The number of carbonyl (C=O) groups excluding carboxylic acids is 1. The van der Waals surface area contributed by atoms with Gasteiger partial charge in [0.25, 0.3) is 0 Å². The first-order chi connectivity index (χ1) is 19.0. The number of benzene rings is 1. The zero-order chi connectivity index (χ0) is 27.9. The Hall–Kier alpha value is -2.17. The maximum atomic E-state index is 11.7. The van der Waals surface area contributed by atoms with Gasteiger partial charge in [-0.3, -0.25) is 0 Å². The summed E-state index contributed by atoms with van der Waals surface area (Å²) in [7, 11) is 1.67. The number of aryl methyl sites for hydroxylation is 2. The third-order valence-electron chi connectivity index (χ3n) is 8.64. The predicted molar refractivity (Wildman–Crippen MR) is 161 cm³/mol. The highest BCUT2D eigenvalue weighted by molar-refractivity contribution is 5.87. The van der Waals surface area contributed by atoms with E-state index in [2.05, 4.69) is 56.0 Å². The highest BCUT2D eigenvalue weighted by atomic mass is 16.5. The largest absolute Gasteiger partial charge is 0.462 e. The van der Waals surface area contributed by atoms with E-state index in [9.17, 15) is 4.79 Å². The summed E-state index contributed by atoms with van der Waals surface area (Å²) in [5, 5.41) is 9.00. The number of ether oxygens (including phenoxy) is 2. The Labute approximate surface area is 237 Å². The van der Waals surface area contributed by atoms with E-state index in [4.69, 9.17) is 14.6 Å². The maximum absolute atomic E-state index is 11.7. The highest BCUT2D eigenvalue weighted by Crippen LogP contribution is 2.40. The molecule has 0 spiro atoms. The molecule has 3 rings (SSSR count). The van der Waals surface area contributed by atoms with Crippen LogP contribution in [0.3, 0.4) is 0 Å². The zero-order valence-electron chi connectivity index (χ0n) is 24.5. The monoisotopic (exact) mass is 536 g/mol. The number of methoxy groups -OCH3 is 1. The van der Waals surface area contributed by atoms with Crippen LogP contribution < -0.4 is 0 Å². The molecule has 0 heterocycles. The molecule has 0 amide bonds. The van der Waals surface area contributed by atoms with Crippen molar-refractivity contribution in [3.05, 3.63) is 71.3 Å². The minimum absolute atomic E-state index is 0.0902. The van der Waals surface area contributed by atoms with Gasteiger partial charge in [0.05, 0.1) is 25.4 Å². The summed E-state index contributed by atoms with van der Waals surface area (Å²) in [6.07, 6.45) is 23.6. The summed E-state index contributed by atoms with van der Waals surface area (Å²) >= 11 is 0. The first kappa shape index (κ1) is 31.4. The van der Waals surface area contributed by atoms with Gasteiger partial charge in [0, 0.05) is 13.0 Å². The molecule has 1 aromatic carbocycles. The summed E-state index contributed by atoms with van der Waals surface area (Å²) < 4.78 is 10.6. The van der Waals surface area contributed by atoms with Crippen molar-refractivity contribution in [2.24, 2.45) is 23.7 Å². The maximum Gasteiger partial charge on any atom is 0.335 e. The molecule has 1 N–H and O–H groups in total. The van der Waals surface area contributed by atoms with Crippen molar-refractivity contribution in [2.45, 2.75) is 90.4 Å². The van der Waals surface area contributed by atoms with Crippen LogP contribution in [0.5, 0.6) is 0 Å². The number of carbonyl (C=O) groups is 1. The van der Waals surface area contributed by atoms with Gasteiger partial charge in [0.1, 0.15) is 0 Å². The number of unbranched alkanes of at least 4 members (excludes halogenated alkanes) is 3. The molecule has 0 saturated heterocycles. The third kappa shape index (κ3) is 11.1. The number of hydrogen-bond acceptors (Lipinski definition) is 4. The van der Waals surface area contributed by atoms with Gasteiger partial charge in [0.2, 0.25) is 0 Å². The molecule has 1 saturated carbocycles. The van der Waals surface area contributed by atoms with Crippen molar-refractivity contribution in [2.75, 3.05) is 26.9 Å². The van der Waals surface area contributed by atoms with Gasteiger partial charge in [-0.1, -0.05) is 80.8 Å². The van der Waals surface area contributed by atoms with Crippen molar-refractivity contribution in [3.63, 3.8) is 0 Å². The van der Waals surface area contributed by atoms with Crippen molar-refractivity contribution >= 4 is 5.97 Å². The summed E-state index contributed by atoms with van der Waals surface area (Å²) in [4.78, 5) is 11.7. The molecule has 0 aliphatic heterocycles. The lowest BCUT2D eigenvalue weighted by atomic mass is 9.70. The van der Waals surface area contributed by atoms with E-state index in [1.54, 1.807) is 12.7 Å². The Kier molecular flexibility index (Phi) is 14.1. The molecule has 39 heavy (non-hydrogen) atoms. The van der Waals surface area contributed by atoms with E-state index in [0.29, 0.717) is 13.2 Å². The summed E-state index contributed by atoms with van der Waals surface area (Å²) in [5.74, 6) is 2.04. The fourth-order valence-corrected chi connectivity index (χ4v) is 6.15. The smallest absolute Gasteiger partial charge is 0.335 e. The SMILES string of the molecule is C=C(CO)C(=O)OCC(CCCCc1ccc(CCC2CCC3C=C(CCCCC)C=CC3C2)cc1)COC. The Morgan fingerprint density at radius 2 is 1.74 bits per heavy atom. The lowest BCUT2D eigenvalue weighted by molar-refractivity contribution is -0.141. The second-order valence-corrected chi connectivity index (χ2v) is 11.8. The molecular formula is C35H52O4. The summed E-state index contributed by atoms with van der Waals surface area (Å²) in [6, 6.07) is 9.26. The molecule has 2 aliphatic carbocycles. The number of rotatable bonds is 18. The van der Waals surface area contributed by atoms with Crippen LogP contribution in [-0.2, 0) is 27.1 Å². The number of aliphatic hydroxyl groups is 1. The Bertz CT molecular complexity index is 928. The fourth-order valence-electron chi connectivity index (χ4n) is 6.15. The van der Waals surface area contributed by atoms with E-state index in [-0.39, 0.29) is 18.1 Å². The molecule has 216 valence electrons. The van der Waals surface area contributed by atoms with Crippen LogP contribution in [0.15, 0.2) is 60.2 Å². The van der Waals surface area contributed by atoms with E-state index in [0.717, 1.165) is 43.4 Å². The molecule has 4 nitrogen and oxygen atoms in total. The van der Waals surface area contributed by atoms with Gasteiger partial charge < -0.3 is 14.6 Å². The average molecular weight is 537 g/mol. The summed E-state index contributed by atoms with van der Waals surface area (Å²) in [5.41, 5.74) is 4.53. The standard InChI is InChI=1S/C35H52O4/c1-4-5-6-10-30-18-20-34-23-31(19-21-33(34)22-30)17-16-29-14-12-28(13-15-29)9-7-8-11-32(25-38-3)26-39-35(37)27(2)24-36/h12-15,18,20,22,31-34,36H,2,4-11,16-17,19,21,23-26H2,1,3H3. The van der Waals surface area contributed by atoms with Crippen LogP contribution in [0, 0.1) is 23.7 Å². The number of aliphatic hydroxyl groups excluding tert-OH is 1. The summed E-state index contributed by atoms with van der Waals surface area (Å²) in [6.45, 7) is 6.28. The lowest BCUT2D eigenvalue weighted by Gasteiger charge is -2.35. The molecule has 4 heteroatoms. The van der Waals surface area contributed by atoms with Crippen molar-refractivity contribution in [3.8, 4) is 0 Å². The second-order valence-electron chi connectivity index (χ2n) is 11.8. The van der Waals surface area contributed by atoms with E-state index in [1.807, 2.05) is 0 Å². The number of esters is 1. The first-order valence-electron chi connectivity index (χ1n) is 15.4. The van der Waals surface area contributed by atoms with Crippen molar-refractivity contribution in [1.29, 1.82) is 0 Å². The van der Waals surface area contributed by atoms with Crippen LogP contribution in [0.4, 0.5) is 0 Å². The normalized spacial score (nSPS) is 21.2. The molecule has 2 aliphatic rings. The molecule has 1 fully saturated rings. The lowest BCUT2D eigenvalue weighted by Crippen LogP contribution is -2.24.